The lowest BCUT2D eigenvalue weighted by Crippen LogP contribution is -2.48. The fourth-order valence-electron chi connectivity index (χ4n) is 8.34. The van der Waals surface area contributed by atoms with E-state index in [-0.39, 0.29) is 42.3 Å². The zero-order valence-electron chi connectivity index (χ0n) is 26.3. The third kappa shape index (κ3) is 7.17. The molecule has 0 radical (unpaired) electrons. The molecule has 9 heteroatoms. The van der Waals surface area contributed by atoms with Gasteiger partial charge in [-0.1, -0.05) is 36.6 Å². The Morgan fingerprint density at radius 1 is 1.00 bits per heavy atom. The zero-order valence-corrected chi connectivity index (χ0v) is 27.0. The van der Waals surface area contributed by atoms with Crippen molar-refractivity contribution in [3.63, 3.8) is 0 Å². The number of amides is 2. The largest absolute Gasteiger partial charge is 0.493 e. The summed E-state index contributed by atoms with van der Waals surface area (Å²) in [5.41, 5.74) is 3.62. The van der Waals surface area contributed by atoms with E-state index in [1.54, 1.807) is 7.11 Å². The Hall–Kier alpha value is -3.10. The molecule has 0 unspecified atom stereocenters. The van der Waals surface area contributed by atoms with Crippen LogP contribution in [0.4, 0.5) is 0 Å². The lowest BCUT2D eigenvalue weighted by atomic mass is 9.76. The summed E-state index contributed by atoms with van der Waals surface area (Å²) in [4.78, 5) is 41.2. The molecule has 3 aliphatic carbocycles. The van der Waals surface area contributed by atoms with Gasteiger partial charge in [-0.15, -0.1) is 0 Å². The number of nitrogens with zero attached hydrogens (tertiary/aromatic N) is 2. The Kier molecular flexibility index (Phi) is 9.71. The van der Waals surface area contributed by atoms with Crippen LogP contribution in [0.25, 0.3) is 0 Å². The van der Waals surface area contributed by atoms with Crippen LogP contribution in [-0.4, -0.2) is 59.5 Å². The van der Waals surface area contributed by atoms with E-state index in [0.717, 1.165) is 87.9 Å². The number of hydrogen-bond acceptors (Lipinski definition) is 6. The van der Waals surface area contributed by atoms with Crippen LogP contribution in [0.5, 0.6) is 11.5 Å². The molecule has 2 saturated carbocycles. The summed E-state index contributed by atoms with van der Waals surface area (Å²) in [5.74, 6) is 0.603. The highest BCUT2D eigenvalue weighted by Crippen LogP contribution is 2.47. The molecule has 2 aromatic carbocycles. The van der Waals surface area contributed by atoms with E-state index in [9.17, 15) is 19.5 Å². The SMILES string of the molecule is COc1cc(CN(CC2CCC(C(=O)O)CC2)[C@H]2CCc3cc(Cl)ccc32)ccc1OCCN1C(=O)CC2(CCCC2)CC1=O. The summed E-state index contributed by atoms with van der Waals surface area (Å²) in [7, 11) is 1.63. The number of imide groups is 1. The smallest absolute Gasteiger partial charge is 0.306 e. The minimum absolute atomic E-state index is 0.0774. The molecule has 1 heterocycles. The lowest BCUT2D eigenvalue weighted by molar-refractivity contribution is -0.153. The van der Waals surface area contributed by atoms with E-state index in [2.05, 4.69) is 23.1 Å². The Bertz CT molecular complexity index is 1390. The lowest BCUT2D eigenvalue weighted by Gasteiger charge is -2.37. The maximum absolute atomic E-state index is 12.9. The molecule has 0 bridgehead atoms. The van der Waals surface area contributed by atoms with Crippen LogP contribution in [0.1, 0.15) is 93.4 Å². The second-order valence-electron chi connectivity index (χ2n) is 13.7. The number of aliphatic carboxylic acids is 1. The molecule has 2 aromatic rings. The molecule has 6 rings (SSSR count). The summed E-state index contributed by atoms with van der Waals surface area (Å²) in [6.45, 7) is 2.08. The van der Waals surface area contributed by atoms with E-state index < -0.39 is 5.97 Å². The maximum Gasteiger partial charge on any atom is 0.306 e. The number of rotatable bonds is 11. The number of carboxylic acid groups (broad SMARTS) is 1. The molecule has 1 spiro atoms. The molecular weight excluding hydrogens is 592 g/mol. The van der Waals surface area contributed by atoms with Gasteiger partial charge in [0.15, 0.2) is 11.5 Å². The molecule has 45 heavy (non-hydrogen) atoms. The molecule has 0 aromatic heterocycles. The molecule has 242 valence electrons. The van der Waals surface area contributed by atoms with Gasteiger partial charge in [0, 0.05) is 37.0 Å². The van der Waals surface area contributed by atoms with Crippen LogP contribution >= 0.6 is 11.6 Å². The molecule has 1 aliphatic heterocycles. The average Bonchev–Trinajstić information content (AvgIpc) is 3.65. The van der Waals surface area contributed by atoms with Crippen LogP contribution in [0.2, 0.25) is 5.02 Å². The highest BCUT2D eigenvalue weighted by molar-refractivity contribution is 6.30. The Morgan fingerprint density at radius 2 is 1.73 bits per heavy atom. The number of fused-ring (bicyclic) bond motifs is 1. The molecule has 2 amide bonds. The first-order valence-corrected chi connectivity index (χ1v) is 17.0. The number of carbonyl (C=O) groups excluding carboxylic acids is 2. The molecule has 3 fully saturated rings. The van der Waals surface area contributed by atoms with E-state index in [4.69, 9.17) is 21.1 Å². The van der Waals surface area contributed by atoms with Gasteiger partial charge < -0.3 is 14.6 Å². The summed E-state index contributed by atoms with van der Waals surface area (Å²) >= 11 is 6.32. The van der Waals surface area contributed by atoms with Crippen LogP contribution in [-0.2, 0) is 27.3 Å². The second kappa shape index (κ2) is 13.7. The van der Waals surface area contributed by atoms with Gasteiger partial charge in [0.05, 0.1) is 19.6 Å². The fraction of sp³-hybridized carbons (Fsp3) is 0.583. The minimum atomic E-state index is -0.673. The summed E-state index contributed by atoms with van der Waals surface area (Å²) in [6, 6.07) is 12.5. The van der Waals surface area contributed by atoms with Crippen molar-refractivity contribution < 1.29 is 29.0 Å². The first kappa shape index (κ1) is 31.9. The monoisotopic (exact) mass is 636 g/mol. The van der Waals surface area contributed by atoms with Crippen molar-refractivity contribution in [1.82, 2.24) is 9.80 Å². The van der Waals surface area contributed by atoms with Gasteiger partial charge in [-0.2, -0.15) is 0 Å². The second-order valence-corrected chi connectivity index (χ2v) is 14.2. The standard InChI is InChI=1S/C36H45ClN2O6/c1-44-32-18-25(6-13-31(32)45-17-16-39-33(40)20-36(21-34(39)41)14-2-3-15-36)23-38(22-24-4-7-26(8-5-24)35(42)43)30-12-9-27-19-28(37)10-11-29(27)30/h6,10-11,13,18-19,24,26,30H,2-5,7-9,12,14-17,20-23H2,1H3,(H,42,43)/t24?,26?,30-/m0/s1. The van der Waals surface area contributed by atoms with Crippen molar-refractivity contribution in [2.24, 2.45) is 17.3 Å². The van der Waals surface area contributed by atoms with E-state index in [1.807, 2.05) is 18.2 Å². The van der Waals surface area contributed by atoms with Crippen molar-refractivity contribution in [2.45, 2.75) is 89.6 Å². The van der Waals surface area contributed by atoms with Gasteiger partial charge in [-0.3, -0.25) is 24.2 Å². The van der Waals surface area contributed by atoms with Gasteiger partial charge >= 0.3 is 5.97 Å². The normalized spacial score (nSPS) is 24.3. The number of hydrogen-bond donors (Lipinski definition) is 1. The highest BCUT2D eigenvalue weighted by Gasteiger charge is 2.45. The molecule has 4 aliphatic rings. The summed E-state index contributed by atoms with van der Waals surface area (Å²) in [5, 5.41) is 10.2. The topological polar surface area (TPSA) is 96.4 Å². The van der Waals surface area contributed by atoms with Gasteiger partial charge in [0.1, 0.15) is 6.61 Å². The quantitative estimate of drug-likeness (QED) is 0.271. The number of benzene rings is 2. The number of ether oxygens (including phenoxy) is 2. The Balaban J connectivity index is 1.12. The minimum Gasteiger partial charge on any atom is -0.493 e. The van der Waals surface area contributed by atoms with Crippen molar-refractivity contribution in [1.29, 1.82) is 0 Å². The molecular formula is C36H45ClN2O6. The molecule has 1 atom stereocenters. The van der Waals surface area contributed by atoms with E-state index in [0.29, 0.717) is 30.3 Å². The van der Waals surface area contributed by atoms with Crippen molar-refractivity contribution in [3.8, 4) is 11.5 Å². The Labute approximate surface area is 271 Å². The van der Waals surface area contributed by atoms with Gasteiger partial charge in [-0.25, -0.2) is 0 Å². The van der Waals surface area contributed by atoms with Gasteiger partial charge in [0.25, 0.3) is 0 Å². The first-order chi connectivity index (χ1) is 21.7. The highest BCUT2D eigenvalue weighted by atomic mass is 35.5. The molecule has 8 nitrogen and oxygen atoms in total. The maximum atomic E-state index is 12.9. The van der Waals surface area contributed by atoms with Crippen LogP contribution in [0.15, 0.2) is 36.4 Å². The van der Waals surface area contributed by atoms with E-state index in [1.165, 1.54) is 16.0 Å². The molecule has 1 saturated heterocycles. The number of aryl methyl sites for hydroxylation is 1. The predicted molar refractivity (Wildman–Crippen MR) is 171 cm³/mol. The third-order valence-corrected chi connectivity index (χ3v) is 11.0. The number of halogens is 1. The number of carbonyl (C=O) groups is 3. The van der Waals surface area contributed by atoms with Crippen LogP contribution in [0.3, 0.4) is 0 Å². The predicted octanol–water partition coefficient (Wildman–Crippen LogP) is 6.82. The van der Waals surface area contributed by atoms with Gasteiger partial charge in [-0.05, 0) is 104 Å². The zero-order chi connectivity index (χ0) is 31.6. The van der Waals surface area contributed by atoms with Gasteiger partial charge in [0.2, 0.25) is 11.8 Å². The number of likely N-dealkylation sites (tertiary alicyclic amines) is 1. The summed E-state index contributed by atoms with van der Waals surface area (Å²) < 4.78 is 11.8. The van der Waals surface area contributed by atoms with Crippen LogP contribution < -0.4 is 9.47 Å². The number of piperidine rings is 1. The first-order valence-electron chi connectivity index (χ1n) is 16.6. The third-order valence-electron chi connectivity index (χ3n) is 10.8. The average molecular weight is 637 g/mol. The van der Waals surface area contributed by atoms with Crippen LogP contribution in [0, 0.1) is 17.3 Å². The number of methoxy groups -OCH3 is 1. The number of carboxylic acids is 1. The fourth-order valence-corrected chi connectivity index (χ4v) is 8.54. The summed E-state index contributed by atoms with van der Waals surface area (Å²) in [6.07, 6.45) is 10.4. The van der Waals surface area contributed by atoms with E-state index >= 15 is 0 Å². The van der Waals surface area contributed by atoms with Crippen molar-refractivity contribution in [2.75, 3.05) is 26.8 Å². The van der Waals surface area contributed by atoms with Crippen molar-refractivity contribution >= 4 is 29.4 Å². The molecule has 1 N–H and O–H groups in total. The van der Waals surface area contributed by atoms with Crippen molar-refractivity contribution in [3.05, 3.63) is 58.1 Å². The Morgan fingerprint density at radius 3 is 2.42 bits per heavy atom.